The summed E-state index contributed by atoms with van der Waals surface area (Å²) in [4.78, 5) is 4.83. The Morgan fingerprint density at radius 1 is 1.13 bits per heavy atom. The van der Waals surface area contributed by atoms with Gasteiger partial charge in [-0.2, -0.15) is 5.10 Å². The summed E-state index contributed by atoms with van der Waals surface area (Å²) in [6.07, 6.45) is 4.50. The second-order valence-electron chi connectivity index (χ2n) is 7.64. The van der Waals surface area contributed by atoms with E-state index >= 15 is 0 Å². The van der Waals surface area contributed by atoms with E-state index in [1.165, 1.54) is 16.8 Å². The maximum atomic E-state index is 5.43. The van der Waals surface area contributed by atoms with E-state index in [1.807, 2.05) is 29.9 Å². The third kappa shape index (κ3) is 7.41. The zero-order valence-corrected chi connectivity index (χ0v) is 21.2. The minimum Gasteiger partial charge on any atom is -0.469 e. The van der Waals surface area contributed by atoms with E-state index in [2.05, 4.69) is 60.8 Å². The number of nitrogens with one attached hydrogen (secondary N) is 2. The highest BCUT2D eigenvalue weighted by Crippen LogP contribution is 2.14. The predicted molar refractivity (Wildman–Crippen MR) is 137 cm³/mol. The Morgan fingerprint density at radius 3 is 2.55 bits per heavy atom. The molecule has 1 unspecified atom stereocenters. The lowest BCUT2D eigenvalue weighted by Crippen LogP contribution is -2.40. The Bertz CT molecular complexity index is 935. The molecular weight excluding hydrogens is 501 g/mol. The molecule has 0 amide bonds. The van der Waals surface area contributed by atoms with Crippen molar-refractivity contribution in [3.05, 3.63) is 77.0 Å². The highest BCUT2D eigenvalue weighted by Gasteiger charge is 2.10. The van der Waals surface area contributed by atoms with Gasteiger partial charge in [-0.3, -0.25) is 9.67 Å². The van der Waals surface area contributed by atoms with E-state index in [0.29, 0.717) is 0 Å². The van der Waals surface area contributed by atoms with Crippen LogP contribution in [-0.4, -0.2) is 28.8 Å². The highest BCUT2D eigenvalue weighted by molar-refractivity contribution is 14.0. The van der Waals surface area contributed by atoms with E-state index in [0.717, 1.165) is 49.8 Å². The van der Waals surface area contributed by atoms with Crippen LogP contribution in [0, 0.1) is 13.8 Å². The monoisotopic (exact) mass is 535 g/mol. The van der Waals surface area contributed by atoms with Crippen LogP contribution in [-0.2, 0) is 19.9 Å². The smallest absolute Gasteiger partial charge is 0.191 e. The van der Waals surface area contributed by atoms with Gasteiger partial charge in [0.05, 0.1) is 18.0 Å². The molecule has 6 nitrogen and oxygen atoms in total. The topological polar surface area (TPSA) is 67.4 Å². The summed E-state index contributed by atoms with van der Waals surface area (Å²) in [7, 11) is 2.00. The molecule has 0 aliphatic carbocycles. The molecule has 0 fully saturated rings. The first-order chi connectivity index (χ1) is 14.5. The Kier molecular flexibility index (Phi) is 10.1. The normalized spacial score (nSPS) is 12.3. The number of furan rings is 1. The highest BCUT2D eigenvalue weighted by atomic mass is 127. The lowest BCUT2D eigenvalue weighted by molar-refractivity contribution is 0.506. The van der Waals surface area contributed by atoms with Crippen LogP contribution < -0.4 is 10.6 Å². The molecule has 7 heteroatoms. The lowest BCUT2D eigenvalue weighted by atomic mass is 10.1. The average molecular weight is 535 g/mol. The molecule has 3 aromatic rings. The minimum absolute atomic E-state index is 0. The van der Waals surface area contributed by atoms with Crippen LogP contribution >= 0.6 is 24.0 Å². The number of aromatic nitrogens is 2. The van der Waals surface area contributed by atoms with Crippen molar-refractivity contribution >= 4 is 29.9 Å². The molecule has 0 aliphatic heterocycles. The molecule has 2 N–H and O–H groups in total. The molecular formula is C24H34IN5O. The van der Waals surface area contributed by atoms with Crippen molar-refractivity contribution in [2.24, 2.45) is 12.0 Å². The third-order valence-corrected chi connectivity index (χ3v) is 5.41. The van der Waals surface area contributed by atoms with Gasteiger partial charge in [0.25, 0.3) is 0 Å². The number of halogens is 1. The molecule has 31 heavy (non-hydrogen) atoms. The fourth-order valence-electron chi connectivity index (χ4n) is 3.57. The van der Waals surface area contributed by atoms with Gasteiger partial charge in [-0.15, -0.1) is 24.0 Å². The minimum atomic E-state index is 0. The Balaban J connectivity index is 0.00000341. The third-order valence-electron chi connectivity index (χ3n) is 5.41. The number of benzene rings is 1. The van der Waals surface area contributed by atoms with Crippen LogP contribution in [0.15, 0.2) is 58.1 Å². The van der Waals surface area contributed by atoms with Crippen LogP contribution in [0.5, 0.6) is 0 Å². The molecule has 0 radical (unpaired) electrons. The number of nitrogens with zero attached hydrogens (tertiary/aromatic N) is 3. The standard InChI is InChI=1S/C24H33N5O.HI/c1-18(21-10-6-5-7-11-21)27-24(26-16-14-22-12-9-17-30-22)25-15-8-13-23-19(2)28-29(4)20(23)3;/h5-7,9-12,17-18H,8,13-16H2,1-4H3,(H2,25,26,27);1H. The molecule has 0 aliphatic rings. The summed E-state index contributed by atoms with van der Waals surface area (Å²) in [6, 6.07) is 14.5. The Labute approximate surface area is 202 Å². The van der Waals surface area contributed by atoms with E-state index in [4.69, 9.17) is 9.41 Å². The number of hydrogen-bond acceptors (Lipinski definition) is 3. The second kappa shape index (κ2) is 12.5. The van der Waals surface area contributed by atoms with Crippen LogP contribution in [0.4, 0.5) is 0 Å². The zero-order valence-electron chi connectivity index (χ0n) is 18.9. The van der Waals surface area contributed by atoms with Gasteiger partial charge in [0.2, 0.25) is 0 Å². The molecule has 0 spiro atoms. The van der Waals surface area contributed by atoms with Crippen molar-refractivity contribution in [1.82, 2.24) is 20.4 Å². The quantitative estimate of drug-likeness (QED) is 0.180. The summed E-state index contributed by atoms with van der Waals surface area (Å²) in [5, 5.41) is 11.5. The fourth-order valence-corrected chi connectivity index (χ4v) is 3.57. The Hall–Kier alpha value is -2.29. The molecule has 1 aromatic carbocycles. The maximum absolute atomic E-state index is 5.43. The number of hydrogen-bond donors (Lipinski definition) is 2. The van der Waals surface area contributed by atoms with Crippen molar-refractivity contribution in [2.45, 2.75) is 46.1 Å². The first-order valence-corrected chi connectivity index (χ1v) is 10.7. The van der Waals surface area contributed by atoms with E-state index in [-0.39, 0.29) is 30.0 Å². The largest absolute Gasteiger partial charge is 0.469 e. The van der Waals surface area contributed by atoms with Gasteiger partial charge < -0.3 is 15.1 Å². The van der Waals surface area contributed by atoms with Gasteiger partial charge in [-0.25, -0.2) is 0 Å². The summed E-state index contributed by atoms with van der Waals surface area (Å²) in [5.74, 6) is 1.80. The van der Waals surface area contributed by atoms with Gasteiger partial charge in [-0.1, -0.05) is 30.3 Å². The van der Waals surface area contributed by atoms with Gasteiger partial charge in [0, 0.05) is 32.3 Å². The van der Waals surface area contributed by atoms with Crippen LogP contribution in [0.2, 0.25) is 0 Å². The number of rotatable bonds is 9. The zero-order chi connectivity index (χ0) is 21.3. The summed E-state index contributed by atoms with van der Waals surface area (Å²) < 4.78 is 7.39. The van der Waals surface area contributed by atoms with Gasteiger partial charge >= 0.3 is 0 Å². The summed E-state index contributed by atoms with van der Waals surface area (Å²) >= 11 is 0. The first-order valence-electron chi connectivity index (χ1n) is 10.7. The van der Waals surface area contributed by atoms with E-state index in [1.54, 1.807) is 6.26 Å². The molecule has 3 rings (SSSR count). The maximum Gasteiger partial charge on any atom is 0.191 e. The fraction of sp³-hybridized carbons (Fsp3) is 0.417. The molecule has 2 heterocycles. The van der Waals surface area contributed by atoms with Crippen LogP contribution in [0.25, 0.3) is 0 Å². The van der Waals surface area contributed by atoms with E-state index < -0.39 is 0 Å². The summed E-state index contributed by atoms with van der Waals surface area (Å²) in [6.45, 7) is 7.88. The van der Waals surface area contributed by atoms with Crippen molar-refractivity contribution < 1.29 is 4.42 Å². The van der Waals surface area contributed by atoms with Crippen LogP contribution in [0.3, 0.4) is 0 Å². The molecule has 0 saturated heterocycles. The number of guanidine groups is 1. The number of aryl methyl sites for hydroxylation is 2. The lowest BCUT2D eigenvalue weighted by Gasteiger charge is -2.18. The van der Waals surface area contributed by atoms with Crippen molar-refractivity contribution in [2.75, 3.05) is 13.1 Å². The van der Waals surface area contributed by atoms with Gasteiger partial charge in [-0.05, 0) is 56.9 Å². The van der Waals surface area contributed by atoms with Gasteiger partial charge in [0.1, 0.15) is 5.76 Å². The molecule has 0 saturated carbocycles. The predicted octanol–water partition coefficient (Wildman–Crippen LogP) is 4.72. The molecule has 2 aromatic heterocycles. The van der Waals surface area contributed by atoms with Crippen LogP contribution in [0.1, 0.15) is 47.7 Å². The first kappa shape index (κ1) is 25.0. The van der Waals surface area contributed by atoms with Gasteiger partial charge in [0.15, 0.2) is 5.96 Å². The second-order valence-corrected chi connectivity index (χ2v) is 7.64. The van der Waals surface area contributed by atoms with Crippen molar-refractivity contribution in [3.63, 3.8) is 0 Å². The van der Waals surface area contributed by atoms with Crippen molar-refractivity contribution in [1.29, 1.82) is 0 Å². The SMILES string of the molecule is Cc1nn(C)c(C)c1CCCN=C(NCCc1ccco1)NC(C)c1ccccc1.I. The molecule has 1 atom stereocenters. The van der Waals surface area contributed by atoms with E-state index in [9.17, 15) is 0 Å². The number of aliphatic imine (C=N–C) groups is 1. The van der Waals surface area contributed by atoms with Crippen molar-refractivity contribution in [3.8, 4) is 0 Å². The molecule has 0 bridgehead atoms. The average Bonchev–Trinajstić information content (AvgIpc) is 3.34. The Morgan fingerprint density at radius 2 is 1.90 bits per heavy atom. The molecule has 168 valence electrons. The summed E-state index contributed by atoms with van der Waals surface area (Å²) in [5.41, 5.74) is 4.93.